The zero-order valence-corrected chi connectivity index (χ0v) is 11.5. The summed E-state index contributed by atoms with van der Waals surface area (Å²) in [5.41, 5.74) is 0.409. The van der Waals surface area contributed by atoms with Crippen LogP contribution >= 0.6 is 0 Å². The first-order chi connectivity index (χ1) is 10.1. The highest BCUT2D eigenvalue weighted by Crippen LogP contribution is 2.18. The van der Waals surface area contributed by atoms with Crippen LogP contribution in [0.5, 0.6) is 0 Å². The lowest BCUT2D eigenvalue weighted by atomic mass is 10.0. The van der Waals surface area contributed by atoms with E-state index in [0.29, 0.717) is 5.56 Å². The van der Waals surface area contributed by atoms with E-state index in [1.165, 1.54) is 0 Å². The number of benzene rings is 1. The topological polar surface area (TPSA) is 97.0 Å². The van der Waals surface area contributed by atoms with Crippen LogP contribution in [0.3, 0.4) is 0 Å². The molecule has 0 radical (unpaired) electrons. The van der Waals surface area contributed by atoms with Crippen LogP contribution in [-0.2, 0) is 11.2 Å². The van der Waals surface area contributed by atoms with Crippen LogP contribution in [0.4, 0.5) is 0 Å². The second-order valence-corrected chi connectivity index (χ2v) is 4.53. The van der Waals surface area contributed by atoms with Gasteiger partial charge in [-0.15, -0.1) is 0 Å². The van der Waals surface area contributed by atoms with Gasteiger partial charge in [-0.2, -0.15) is 0 Å². The average molecular weight is 292 g/mol. The number of ether oxygens (including phenoxy) is 1. The molecule has 2 N–H and O–H groups in total. The number of esters is 1. The summed E-state index contributed by atoms with van der Waals surface area (Å²) in [6.07, 6.45) is -0.836. The Hall–Kier alpha value is -2.18. The van der Waals surface area contributed by atoms with E-state index in [2.05, 4.69) is 0 Å². The van der Waals surface area contributed by atoms with Crippen molar-refractivity contribution < 1.29 is 24.2 Å². The van der Waals surface area contributed by atoms with Gasteiger partial charge in [-0.3, -0.25) is 4.79 Å². The molecule has 2 rings (SSSR count). The molecule has 1 aromatic heterocycles. The molecule has 0 fully saturated rings. The number of fused-ring (bicyclic) bond motifs is 1. The highest BCUT2D eigenvalue weighted by Gasteiger charge is 2.16. The summed E-state index contributed by atoms with van der Waals surface area (Å²) in [5.74, 6) is -0.855. The van der Waals surface area contributed by atoms with Crippen molar-refractivity contribution in [1.29, 1.82) is 0 Å². The Morgan fingerprint density at radius 1 is 1.43 bits per heavy atom. The quantitative estimate of drug-likeness (QED) is 0.794. The van der Waals surface area contributed by atoms with Gasteiger partial charge >= 0.3 is 5.97 Å². The molecule has 6 nitrogen and oxygen atoms in total. The van der Waals surface area contributed by atoms with Crippen molar-refractivity contribution in [2.75, 3.05) is 13.2 Å². The fourth-order valence-corrected chi connectivity index (χ4v) is 2.07. The first-order valence-corrected chi connectivity index (χ1v) is 6.58. The maximum Gasteiger partial charge on any atom is 0.374 e. The molecule has 0 bridgehead atoms. The zero-order chi connectivity index (χ0) is 15.4. The molecule has 1 heterocycles. The molecule has 0 aliphatic heterocycles. The Labute approximate surface area is 120 Å². The highest BCUT2D eigenvalue weighted by molar-refractivity contribution is 5.89. The summed E-state index contributed by atoms with van der Waals surface area (Å²) < 4.78 is 10.2. The molecule has 0 aliphatic carbocycles. The van der Waals surface area contributed by atoms with Crippen molar-refractivity contribution in [3.8, 4) is 0 Å². The molecule has 0 saturated carbocycles. The Kier molecular flexibility index (Phi) is 4.72. The van der Waals surface area contributed by atoms with Gasteiger partial charge in [0.2, 0.25) is 5.76 Å². The van der Waals surface area contributed by atoms with Crippen LogP contribution in [0, 0.1) is 0 Å². The number of rotatable bonds is 5. The predicted molar refractivity (Wildman–Crippen MR) is 75.2 cm³/mol. The first kappa shape index (κ1) is 15.2. The van der Waals surface area contributed by atoms with E-state index in [9.17, 15) is 14.7 Å². The van der Waals surface area contributed by atoms with Crippen molar-refractivity contribution in [3.63, 3.8) is 0 Å². The number of aliphatic hydroxyl groups is 2. The Balaban J connectivity index is 2.52. The second-order valence-electron chi connectivity index (χ2n) is 4.53. The van der Waals surface area contributed by atoms with Crippen molar-refractivity contribution in [3.05, 3.63) is 45.8 Å². The molecule has 1 aromatic carbocycles. The standard InChI is InChI=1S/C15H16O6/c1-2-20-15(19)13-7-11(18)14-9(6-10(17)8-16)4-3-5-12(14)21-13/h3-5,7,10,16-17H,2,6,8H2,1H3. The van der Waals surface area contributed by atoms with Crippen LogP contribution in [0.1, 0.15) is 23.0 Å². The van der Waals surface area contributed by atoms with Crippen LogP contribution in [0.15, 0.2) is 33.5 Å². The van der Waals surface area contributed by atoms with Gasteiger partial charge in [0.15, 0.2) is 5.43 Å². The van der Waals surface area contributed by atoms with E-state index < -0.39 is 18.7 Å². The van der Waals surface area contributed by atoms with Gasteiger partial charge < -0.3 is 19.4 Å². The van der Waals surface area contributed by atoms with E-state index >= 15 is 0 Å². The van der Waals surface area contributed by atoms with E-state index in [1.54, 1.807) is 25.1 Å². The highest BCUT2D eigenvalue weighted by atomic mass is 16.5. The average Bonchev–Trinajstić information content (AvgIpc) is 2.47. The number of hydrogen-bond acceptors (Lipinski definition) is 6. The summed E-state index contributed by atoms with van der Waals surface area (Å²) in [4.78, 5) is 23.8. The maximum atomic E-state index is 12.2. The molecule has 1 unspecified atom stereocenters. The molecule has 0 amide bonds. The third-order valence-corrected chi connectivity index (χ3v) is 2.98. The van der Waals surface area contributed by atoms with Crippen LogP contribution in [-0.4, -0.2) is 35.5 Å². The summed E-state index contributed by atoms with van der Waals surface area (Å²) in [5, 5.41) is 18.7. The molecule has 21 heavy (non-hydrogen) atoms. The number of aliphatic hydroxyl groups excluding tert-OH is 2. The molecule has 0 aliphatic rings. The van der Waals surface area contributed by atoms with Gasteiger partial charge in [0.1, 0.15) is 5.58 Å². The lowest BCUT2D eigenvalue weighted by molar-refractivity contribution is 0.0490. The van der Waals surface area contributed by atoms with E-state index in [4.69, 9.17) is 14.3 Å². The van der Waals surface area contributed by atoms with E-state index in [1.807, 2.05) is 0 Å². The maximum absolute atomic E-state index is 12.2. The zero-order valence-electron chi connectivity index (χ0n) is 11.5. The third-order valence-electron chi connectivity index (χ3n) is 2.98. The fourth-order valence-electron chi connectivity index (χ4n) is 2.07. The lowest BCUT2D eigenvalue weighted by Crippen LogP contribution is -2.17. The normalized spacial score (nSPS) is 12.3. The molecule has 112 valence electrons. The number of hydrogen-bond donors (Lipinski definition) is 2. The van der Waals surface area contributed by atoms with Crippen LogP contribution < -0.4 is 5.43 Å². The molecule has 0 spiro atoms. The largest absolute Gasteiger partial charge is 0.460 e. The van der Waals surface area contributed by atoms with Crippen molar-refractivity contribution in [2.24, 2.45) is 0 Å². The summed E-state index contributed by atoms with van der Waals surface area (Å²) in [6.45, 7) is 1.44. The first-order valence-electron chi connectivity index (χ1n) is 6.58. The van der Waals surface area contributed by atoms with Gasteiger partial charge in [-0.25, -0.2) is 4.79 Å². The Bertz CT molecular complexity index is 703. The molecule has 2 aromatic rings. The van der Waals surface area contributed by atoms with Gasteiger partial charge in [-0.05, 0) is 18.6 Å². The molecular formula is C15H16O6. The van der Waals surface area contributed by atoms with Gasteiger partial charge in [0.05, 0.1) is 24.7 Å². The molecular weight excluding hydrogens is 276 g/mol. The lowest BCUT2D eigenvalue weighted by Gasteiger charge is -2.09. The van der Waals surface area contributed by atoms with E-state index in [-0.39, 0.29) is 35.2 Å². The number of carbonyl (C=O) groups is 1. The van der Waals surface area contributed by atoms with Gasteiger partial charge in [0.25, 0.3) is 0 Å². The fraction of sp³-hybridized carbons (Fsp3) is 0.333. The van der Waals surface area contributed by atoms with Gasteiger partial charge in [-0.1, -0.05) is 12.1 Å². The van der Waals surface area contributed by atoms with Crippen molar-refractivity contribution >= 4 is 16.9 Å². The van der Waals surface area contributed by atoms with Crippen LogP contribution in [0.25, 0.3) is 11.0 Å². The predicted octanol–water partition coefficient (Wildman–Crippen LogP) is 0.865. The molecule has 6 heteroatoms. The summed E-state index contributed by atoms with van der Waals surface area (Å²) in [6, 6.07) is 5.96. The van der Waals surface area contributed by atoms with Crippen LogP contribution in [0.2, 0.25) is 0 Å². The molecule has 1 atom stereocenters. The number of carbonyl (C=O) groups excluding carboxylic acids is 1. The molecule has 0 saturated heterocycles. The third kappa shape index (κ3) is 3.29. The minimum atomic E-state index is -0.959. The van der Waals surface area contributed by atoms with E-state index in [0.717, 1.165) is 6.07 Å². The smallest absolute Gasteiger partial charge is 0.374 e. The SMILES string of the molecule is CCOC(=O)c1cc(=O)c2c(CC(O)CO)cccc2o1. The Morgan fingerprint density at radius 3 is 2.86 bits per heavy atom. The summed E-state index contributed by atoms with van der Waals surface area (Å²) in [7, 11) is 0. The Morgan fingerprint density at radius 2 is 2.19 bits per heavy atom. The minimum Gasteiger partial charge on any atom is -0.460 e. The van der Waals surface area contributed by atoms with Crippen molar-refractivity contribution in [2.45, 2.75) is 19.4 Å². The summed E-state index contributed by atoms with van der Waals surface area (Å²) >= 11 is 0. The van der Waals surface area contributed by atoms with Gasteiger partial charge in [0, 0.05) is 12.5 Å². The van der Waals surface area contributed by atoms with Crippen molar-refractivity contribution in [1.82, 2.24) is 0 Å². The monoisotopic (exact) mass is 292 g/mol. The minimum absolute atomic E-state index is 0.122. The second kappa shape index (κ2) is 6.51.